The van der Waals surface area contributed by atoms with Gasteiger partial charge in [-0.15, -0.1) is 0 Å². The molecule has 0 saturated heterocycles. The third-order valence-electron chi connectivity index (χ3n) is 14.2. The molecule has 4 saturated carbocycles. The van der Waals surface area contributed by atoms with E-state index in [0.717, 1.165) is 63.2 Å². The number of benzene rings is 2. The standard InChI is InChI=1S/C44H58F8O/c1-3-5-25-7-11-27(12-8-25)29-15-19-31(20-16-29)43(33-23-35(45)39(49)41(51)37(33)47)53-44(34-24-36(46)40(50)42(52)38(34)48)32-21-17-30(18-22-32)28-13-9-26(6-4-2)10-14-28/h23-32,43-44H,3-22H2,1-2H3. The summed E-state index contributed by atoms with van der Waals surface area (Å²) in [5.41, 5.74) is -1.06. The zero-order chi connectivity index (χ0) is 37.8. The summed E-state index contributed by atoms with van der Waals surface area (Å²) >= 11 is 0. The van der Waals surface area contributed by atoms with Crippen LogP contribution in [0.1, 0.15) is 166 Å². The molecular weight excluding hydrogens is 696 g/mol. The summed E-state index contributed by atoms with van der Waals surface area (Å²) in [4.78, 5) is 0. The lowest BCUT2D eigenvalue weighted by atomic mass is 9.67. The summed E-state index contributed by atoms with van der Waals surface area (Å²) in [6, 6.07) is 1.20. The topological polar surface area (TPSA) is 9.23 Å². The molecule has 0 amide bonds. The number of hydrogen-bond donors (Lipinski definition) is 0. The first-order valence-electron chi connectivity index (χ1n) is 20.8. The van der Waals surface area contributed by atoms with Crippen molar-refractivity contribution in [2.75, 3.05) is 0 Å². The van der Waals surface area contributed by atoms with Crippen molar-refractivity contribution in [3.8, 4) is 0 Å². The molecule has 4 aliphatic carbocycles. The Balaban J connectivity index is 1.27. The second-order valence-corrected chi connectivity index (χ2v) is 17.2. The van der Waals surface area contributed by atoms with Gasteiger partial charge in [0.15, 0.2) is 46.5 Å². The maximum absolute atomic E-state index is 15.7. The maximum Gasteiger partial charge on any atom is 0.197 e. The lowest BCUT2D eigenvalue weighted by Crippen LogP contribution is -2.32. The van der Waals surface area contributed by atoms with Crippen LogP contribution in [0.3, 0.4) is 0 Å². The average Bonchev–Trinajstić information content (AvgIpc) is 3.18. The first-order chi connectivity index (χ1) is 25.5. The Morgan fingerprint density at radius 1 is 0.434 bits per heavy atom. The molecule has 2 unspecified atom stereocenters. The predicted octanol–water partition coefficient (Wildman–Crippen LogP) is 14.4. The molecule has 53 heavy (non-hydrogen) atoms. The highest BCUT2D eigenvalue weighted by molar-refractivity contribution is 5.28. The van der Waals surface area contributed by atoms with E-state index in [0.29, 0.717) is 61.5 Å². The van der Waals surface area contributed by atoms with Gasteiger partial charge in [-0.3, -0.25) is 0 Å². The normalized spacial score (nSPS) is 31.0. The second-order valence-electron chi connectivity index (χ2n) is 17.2. The van der Waals surface area contributed by atoms with Crippen LogP contribution in [0, 0.1) is 93.9 Å². The molecule has 296 valence electrons. The van der Waals surface area contributed by atoms with Crippen molar-refractivity contribution in [1.82, 2.24) is 0 Å². The van der Waals surface area contributed by atoms with Crippen LogP contribution in [0.25, 0.3) is 0 Å². The molecule has 2 atom stereocenters. The summed E-state index contributed by atoms with van der Waals surface area (Å²) in [6.45, 7) is 4.42. The van der Waals surface area contributed by atoms with Gasteiger partial charge in [-0.1, -0.05) is 65.2 Å². The van der Waals surface area contributed by atoms with E-state index in [9.17, 15) is 26.3 Å². The smallest absolute Gasteiger partial charge is 0.197 e. The van der Waals surface area contributed by atoms with E-state index in [1.165, 1.54) is 51.4 Å². The van der Waals surface area contributed by atoms with Crippen molar-refractivity contribution in [3.05, 3.63) is 69.8 Å². The van der Waals surface area contributed by atoms with Gasteiger partial charge in [0.25, 0.3) is 0 Å². The predicted molar refractivity (Wildman–Crippen MR) is 191 cm³/mol. The molecule has 9 heteroatoms. The summed E-state index contributed by atoms with van der Waals surface area (Å²) in [5.74, 6) is -11.6. The van der Waals surface area contributed by atoms with E-state index in [1.807, 2.05) is 0 Å². The van der Waals surface area contributed by atoms with Crippen LogP contribution in [0.5, 0.6) is 0 Å². The molecular formula is C44H58F8O. The third kappa shape index (κ3) is 9.12. The largest absolute Gasteiger partial charge is 0.365 e. The Morgan fingerprint density at radius 3 is 1.04 bits per heavy atom. The lowest BCUT2D eigenvalue weighted by molar-refractivity contribution is -0.0965. The Kier molecular flexibility index (Phi) is 13.9. The molecule has 0 aliphatic heterocycles. The molecule has 0 aromatic heterocycles. The fourth-order valence-electron chi connectivity index (χ4n) is 11.2. The van der Waals surface area contributed by atoms with Gasteiger partial charge in [-0.05, 0) is 137 Å². The minimum atomic E-state index is -1.97. The van der Waals surface area contributed by atoms with Gasteiger partial charge >= 0.3 is 0 Å². The van der Waals surface area contributed by atoms with Crippen LogP contribution in [0.4, 0.5) is 35.1 Å². The quantitative estimate of drug-likeness (QED) is 0.119. The number of rotatable bonds is 12. The highest BCUT2D eigenvalue weighted by atomic mass is 19.2. The molecule has 2 aromatic carbocycles. The first kappa shape index (κ1) is 40.5. The van der Waals surface area contributed by atoms with Gasteiger partial charge in [0, 0.05) is 11.1 Å². The fraction of sp³-hybridized carbons (Fsp3) is 0.727. The highest BCUT2D eigenvalue weighted by Gasteiger charge is 2.42. The molecule has 6 rings (SSSR count). The van der Waals surface area contributed by atoms with Crippen LogP contribution >= 0.6 is 0 Å². The minimum absolute atomic E-state index is 0.432. The molecule has 1 nitrogen and oxygen atoms in total. The summed E-state index contributed by atoms with van der Waals surface area (Å²) in [6.07, 6.45) is 16.7. The van der Waals surface area contributed by atoms with Gasteiger partial charge in [-0.25, -0.2) is 35.1 Å². The second kappa shape index (κ2) is 18.2. The number of hydrogen-bond acceptors (Lipinski definition) is 1. The Morgan fingerprint density at radius 2 is 0.736 bits per heavy atom. The molecule has 2 aromatic rings. The molecule has 0 heterocycles. The Hall–Kier alpha value is -2.16. The summed E-state index contributed by atoms with van der Waals surface area (Å²) in [5, 5.41) is 0. The highest BCUT2D eigenvalue weighted by Crippen LogP contribution is 2.51. The fourth-order valence-corrected chi connectivity index (χ4v) is 11.2. The van der Waals surface area contributed by atoms with Gasteiger partial charge in [0.1, 0.15) is 0 Å². The van der Waals surface area contributed by atoms with Crippen LogP contribution in [0.15, 0.2) is 12.1 Å². The molecule has 4 fully saturated rings. The molecule has 0 spiro atoms. The third-order valence-corrected chi connectivity index (χ3v) is 14.2. The maximum atomic E-state index is 15.7. The number of ether oxygens (including phenoxy) is 1. The van der Waals surface area contributed by atoms with Crippen molar-refractivity contribution >= 4 is 0 Å². The average molecular weight is 755 g/mol. The van der Waals surface area contributed by atoms with E-state index in [1.54, 1.807) is 0 Å². The van der Waals surface area contributed by atoms with Crippen molar-refractivity contribution in [2.45, 2.75) is 154 Å². The van der Waals surface area contributed by atoms with Crippen LogP contribution < -0.4 is 0 Å². The van der Waals surface area contributed by atoms with E-state index < -0.39 is 81.7 Å². The van der Waals surface area contributed by atoms with Gasteiger partial charge in [-0.2, -0.15) is 0 Å². The van der Waals surface area contributed by atoms with Crippen molar-refractivity contribution in [2.24, 2.45) is 47.3 Å². The minimum Gasteiger partial charge on any atom is -0.365 e. The van der Waals surface area contributed by atoms with Crippen LogP contribution in [0.2, 0.25) is 0 Å². The summed E-state index contributed by atoms with van der Waals surface area (Å²) in [7, 11) is 0. The van der Waals surface area contributed by atoms with Gasteiger partial charge in [0.05, 0.1) is 12.2 Å². The lowest BCUT2D eigenvalue weighted by Gasteiger charge is -2.43. The van der Waals surface area contributed by atoms with Crippen molar-refractivity contribution in [1.29, 1.82) is 0 Å². The Bertz CT molecular complexity index is 1390. The monoisotopic (exact) mass is 754 g/mol. The molecule has 4 aliphatic rings. The van der Waals surface area contributed by atoms with Gasteiger partial charge < -0.3 is 4.74 Å². The molecule has 0 N–H and O–H groups in total. The zero-order valence-electron chi connectivity index (χ0n) is 31.5. The van der Waals surface area contributed by atoms with Crippen molar-refractivity contribution < 1.29 is 39.9 Å². The van der Waals surface area contributed by atoms with Crippen LogP contribution in [-0.4, -0.2) is 0 Å². The van der Waals surface area contributed by atoms with Gasteiger partial charge in [0.2, 0.25) is 0 Å². The SMILES string of the molecule is CCCC1CCC(C2CCC(C(OC(c3cc(F)c(F)c(F)c3F)C3CCC(C4CCC(CCC)CC4)CC3)c3cc(F)c(F)c(F)c3F)CC2)CC1. The summed E-state index contributed by atoms with van der Waals surface area (Å²) < 4.78 is 126. The zero-order valence-corrected chi connectivity index (χ0v) is 31.5. The van der Waals surface area contributed by atoms with Crippen molar-refractivity contribution in [3.63, 3.8) is 0 Å². The van der Waals surface area contributed by atoms with E-state index in [4.69, 9.17) is 4.74 Å². The van der Waals surface area contributed by atoms with E-state index in [-0.39, 0.29) is 0 Å². The van der Waals surface area contributed by atoms with E-state index >= 15 is 8.78 Å². The molecule has 0 bridgehead atoms. The van der Waals surface area contributed by atoms with Crippen LogP contribution in [-0.2, 0) is 4.74 Å². The first-order valence-corrected chi connectivity index (χ1v) is 20.8. The Labute approximate surface area is 311 Å². The number of halogens is 8. The van der Waals surface area contributed by atoms with E-state index in [2.05, 4.69) is 13.8 Å². The molecule has 0 radical (unpaired) electrons.